The van der Waals surface area contributed by atoms with Gasteiger partial charge in [-0.05, 0) is 19.9 Å². The van der Waals surface area contributed by atoms with Crippen molar-refractivity contribution in [2.24, 2.45) is 0 Å². The van der Waals surface area contributed by atoms with Crippen LogP contribution in [0.3, 0.4) is 0 Å². The Morgan fingerprint density at radius 1 is 1.00 bits per heavy atom. The fourth-order valence-corrected chi connectivity index (χ4v) is 1.82. The van der Waals surface area contributed by atoms with E-state index in [0.717, 1.165) is 6.54 Å². The molecule has 0 saturated carbocycles. The van der Waals surface area contributed by atoms with Crippen LogP contribution in [0.2, 0.25) is 0 Å². The van der Waals surface area contributed by atoms with Gasteiger partial charge in [-0.25, -0.2) is 4.57 Å². The number of nitrogens with zero attached hydrogens (tertiary/aromatic N) is 1. The summed E-state index contributed by atoms with van der Waals surface area (Å²) in [4.78, 5) is 0. The number of benzene rings is 1. The first kappa shape index (κ1) is 12.8. The largest absolute Gasteiger partial charge is 0.374 e. The standard InChI is InChI=1S/C16H20NO/c1-14(2)18-13-16-9-6-10-17(12-16)11-15-7-4-3-5-8-15/h3-10,12,14H,11,13H2,1-2H3/q+1. The second-order valence-corrected chi connectivity index (χ2v) is 4.73. The van der Waals surface area contributed by atoms with Crippen molar-refractivity contribution in [1.82, 2.24) is 0 Å². The summed E-state index contributed by atoms with van der Waals surface area (Å²) in [5.74, 6) is 0. The summed E-state index contributed by atoms with van der Waals surface area (Å²) in [6, 6.07) is 14.6. The highest BCUT2D eigenvalue weighted by atomic mass is 16.5. The van der Waals surface area contributed by atoms with Crippen molar-refractivity contribution in [2.75, 3.05) is 0 Å². The summed E-state index contributed by atoms with van der Waals surface area (Å²) < 4.78 is 7.81. The van der Waals surface area contributed by atoms with Crippen LogP contribution in [0, 0.1) is 0 Å². The molecule has 0 aliphatic heterocycles. The van der Waals surface area contributed by atoms with Crippen LogP contribution in [0.25, 0.3) is 0 Å². The minimum atomic E-state index is 0.271. The zero-order chi connectivity index (χ0) is 12.8. The maximum absolute atomic E-state index is 5.62. The molecule has 0 saturated heterocycles. The van der Waals surface area contributed by atoms with Gasteiger partial charge in [-0.3, -0.25) is 0 Å². The second-order valence-electron chi connectivity index (χ2n) is 4.73. The van der Waals surface area contributed by atoms with Crippen molar-refractivity contribution in [3.63, 3.8) is 0 Å². The molecule has 2 rings (SSSR count). The summed E-state index contributed by atoms with van der Waals surface area (Å²) >= 11 is 0. The molecule has 1 aromatic heterocycles. The predicted octanol–water partition coefficient (Wildman–Crippen LogP) is 2.95. The second kappa shape index (κ2) is 6.31. The molecule has 0 spiro atoms. The molecule has 0 unspecified atom stereocenters. The van der Waals surface area contributed by atoms with Crippen molar-refractivity contribution >= 4 is 0 Å². The lowest BCUT2D eigenvalue weighted by Gasteiger charge is -2.06. The Bertz CT molecular complexity index is 479. The van der Waals surface area contributed by atoms with Gasteiger partial charge in [-0.1, -0.05) is 30.3 Å². The molecule has 18 heavy (non-hydrogen) atoms. The van der Waals surface area contributed by atoms with E-state index in [0.29, 0.717) is 6.61 Å². The maximum Gasteiger partial charge on any atom is 0.174 e. The molecule has 0 atom stereocenters. The van der Waals surface area contributed by atoms with E-state index in [9.17, 15) is 0 Å². The van der Waals surface area contributed by atoms with Gasteiger partial charge in [0.25, 0.3) is 0 Å². The van der Waals surface area contributed by atoms with Crippen molar-refractivity contribution in [3.05, 3.63) is 66.0 Å². The van der Waals surface area contributed by atoms with Crippen LogP contribution in [-0.4, -0.2) is 6.10 Å². The predicted molar refractivity (Wildman–Crippen MR) is 72.1 cm³/mol. The summed E-state index contributed by atoms with van der Waals surface area (Å²) in [5, 5.41) is 0. The molecule has 2 nitrogen and oxygen atoms in total. The van der Waals surface area contributed by atoms with E-state index < -0.39 is 0 Å². The van der Waals surface area contributed by atoms with E-state index >= 15 is 0 Å². The van der Waals surface area contributed by atoms with Crippen molar-refractivity contribution in [1.29, 1.82) is 0 Å². The van der Waals surface area contributed by atoms with E-state index in [4.69, 9.17) is 4.74 Å². The van der Waals surface area contributed by atoms with Crippen molar-refractivity contribution in [2.45, 2.75) is 33.1 Å². The lowest BCUT2D eigenvalue weighted by atomic mass is 10.2. The van der Waals surface area contributed by atoms with Gasteiger partial charge in [0.1, 0.15) is 0 Å². The van der Waals surface area contributed by atoms with Crippen LogP contribution in [0.1, 0.15) is 25.0 Å². The minimum Gasteiger partial charge on any atom is -0.374 e. The van der Waals surface area contributed by atoms with Gasteiger partial charge < -0.3 is 4.74 Å². The number of hydrogen-bond acceptors (Lipinski definition) is 1. The van der Waals surface area contributed by atoms with Crippen molar-refractivity contribution in [3.8, 4) is 0 Å². The third-order valence-corrected chi connectivity index (χ3v) is 2.71. The Kier molecular flexibility index (Phi) is 4.48. The normalized spacial score (nSPS) is 10.8. The smallest absolute Gasteiger partial charge is 0.174 e. The summed E-state index contributed by atoms with van der Waals surface area (Å²) in [7, 11) is 0. The van der Waals surface area contributed by atoms with Gasteiger partial charge in [0.05, 0.1) is 12.7 Å². The van der Waals surface area contributed by atoms with Crippen LogP contribution in [0.15, 0.2) is 54.9 Å². The quantitative estimate of drug-likeness (QED) is 0.735. The molecule has 0 N–H and O–H groups in total. The van der Waals surface area contributed by atoms with Crippen LogP contribution in [0.4, 0.5) is 0 Å². The first-order chi connectivity index (χ1) is 8.74. The van der Waals surface area contributed by atoms with Gasteiger partial charge in [0.15, 0.2) is 18.9 Å². The maximum atomic E-state index is 5.62. The average Bonchev–Trinajstić information content (AvgIpc) is 2.38. The third kappa shape index (κ3) is 3.97. The molecule has 0 aliphatic rings. The molecule has 2 heteroatoms. The van der Waals surface area contributed by atoms with Crippen LogP contribution < -0.4 is 4.57 Å². The summed E-state index contributed by atoms with van der Waals surface area (Å²) in [5.41, 5.74) is 2.52. The van der Waals surface area contributed by atoms with E-state index in [1.807, 2.05) is 6.07 Å². The minimum absolute atomic E-state index is 0.271. The van der Waals surface area contributed by atoms with Gasteiger partial charge in [0.2, 0.25) is 0 Å². The summed E-state index contributed by atoms with van der Waals surface area (Å²) in [6.45, 7) is 5.69. The Labute approximate surface area is 109 Å². The highest BCUT2D eigenvalue weighted by Gasteiger charge is 2.04. The number of rotatable bonds is 5. The topological polar surface area (TPSA) is 13.1 Å². The number of pyridine rings is 1. The molecule has 0 radical (unpaired) electrons. The van der Waals surface area contributed by atoms with Gasteiger partial charge in [-0.2, -0.15) is 0 Å². The van der Waals surface area contributed by atoms with Gasteiger partial charge >= 0.3 is 0 Å². The zero-order valence-electron chi connectivity index (χ0n) is 11.0. The monoisotopic (exact) mass is 242 g/mol. The zero-order valence-corrected chi connectivity index (χ0v) is 11.0. The third-order valence-electron chi connectivity index (χ3n) is 2.71. The Balaban J connectivity index is 2.03. The summed E-state index contributed by atoms with van der Waals surface area (Å²) in [6.07, 6.45) is 4.51. The van der Waals surface area contributed by atoms with Gasteiger partial charge in [-0.15, -0.1) is 0 Å². The fourth-order valence-electron chi connectivity index (χ4n) is 1.82. The lowest BCUT2D eigenvalue weighted by Crippen LogP contribution is -2.33. The molecule has 0 amide bonds. The van der Waals surface area contributed by atoms with E-state index in [1.54, 1.807) is 0 Å². The molecule has 0 aliphatic carbocycles. The molecule has 1 heterocycles. The Morgan fingerprint density at radius 2 is 1.72 bits per heavy atom. The van der Waals surface area contributed by atoms with E-state index in [2.05, 4.69) is 67.2 Å². The molecule has 0 fully saturated rings. The highest BCUT2D eigenvalue weighted by molar-refractivity contribution is 5.13. The lowest BCUT2D eigenvalue weighted by molar-refractivity contribution is -0.688. The molecule has 2 aromatic rings. The number of hydrogen-bond donors (Lipinski definition) is 0. The highest BCUT2D eigenvalue weighted by Crippen LogP contribution is 2.02. The first-order valence-electron chi connectivity index (χ1n) is 6.37. The van der Waals surface area contributed by atoms with E-state index in [1.165, 1.54) is 11.1 Å². The van der Waals surface area contributed by atoms with Crippen molar-refractivity contribution < 1.29 is 9.30 Å². The molecule has 1 aromatic carbocycles. The Morgan fingerprint density at radius 3 is 2.44 bits per heavy atom. The molecular formula is C16H20NO+. The fraction of sp³-hybridized carbons (Fsp3) is 0.312. The average molecular weight is 242 g/mol. The molecule has 94 valence electrons. The molecular weight excluding hydrogens is 222 g/mol. The first-order valence-corrected chi connectivity index (χ1v) is 6.37. The molecule has 0 bridgehead atoms. The SMILES string of the molecule is CC(C)OCc1ccc[n+](Cc2ccccc2)c1. The number of aromatic nitrogens is 1. The van der Waals surface area contributed by atoms with Crippen LogP contribution in [0.5, 0.6) is 0 Å². The van der Waals surface area contributed by atoms with Gasteiger partial charge in [0, 0.05) is 17.2 Å². The van der Waals surface area contributed by atoms with Crippen LogP contribution >= 0.6 is 0 Å². The van der Waals surface area contributed by atoms with Crippen LogP contribution in [-0.2, 0) is 17.9 Å². The van der Waals surface area contributed by atoms with E-state index in [-0.39, 0.29) is 6.10 Å². The number of ether oxygens (including phenoxy) is 1. The Hall–Kier alpha value is -1.67.